The molecule has 0 amide bonds. The number of hydrogen-bond donors (Lipinski definition) is 1. The van der Waals surface area contributed by atoms with Crippen LogP contribution in [0.4, 0.5) is 11.4 Å². The van der Waals surface area contributed by atoms with E-state index < -0.39 is 22.3 Å². The summed E-state index contributed by atoms with van der Waals surface area (Å²) in [6, 6.07) is 23.3. The number of benzene rings is 3. The van der Waals surface area contributed by atoms with E-state index in [2.05, 4.69) is 0 Å². The smallest absolute Gasteiger partial charge is 0.266 e. The highest BCUT2D eigenvalue weighted by Crippen LogP contribution is 2.45. The Kier molecular flexibility index (Phi) is 5.06. The first-order valence-corrected chi connectivity index (χ1v) is 11.1. The van der Waals surface area contributed by atoms with Gasteiger partial charge in [0.2, 0.25) is 0 Å². The molecule has 4 rings (SSSR count). The Hall–Kier alpha value is -2.83. The number of rotatable bonds is 5. The Bertz CT molecular complexity index is 1100. The van der Waals surface area contributed by atoms with Gasteiger partial charge in [-0.15, -0.1) is 0 Å². The number of sulfonamides is 1. The van der Waals surface area contributed by atoms with Gasteiger partial charge in [0.1, 0.15) is 6.04 Å². The number of nitrogens with zero attached hydrogens (tertiary/aromatic N) is 2. The van der Waals surface area contributed by atoms with Crippen molar-refractivity contribution in [1.82, 2.24) is 0 Å². The summed E-state index contributed by atoms with van der Waals surface area (Å²) in [4.78, 5) is 2.20. The minimum Gasteiger partial charge on any atom is -0.370 e. The van der Waals surface area contributed by atoms with Crippen molar-refractivity contribution in [2.75, 3.05) is 15.7 Å². The normalized spacial score (nSPS) is 18.5. The van der Waals surface area contributed by atoms with E-state index in [0.29, 0.717) is 12.2 Å². The number of aliphatic hydroxyl groups is 1. The summed E-state index contributed by atoms with van der Waals surface area (Å²) in [6.07, 6.45) is -1.24. The fourth-order valence-corrected chi connectivity index (χ4v) is 5.49. The third kappa shape index (κ3) is 3.28. The predicted octanol–water partition coefficient (Wildman–Crippen LogP) is 4.09. The minimum atomic E-state index is -3.92. The molecule has 150 valence electrons. The Labute approximate surface area is 171 Å². The molecule has 0 fully saturated rings. The first kappa shape index (κ1) is 19.5. The van der Waals surface area contributed by atoms with Crippen LogP contribution < -0.4 is 9.21 Å². The highest BCUT2D eigenvalue weighted by atomic mass is 32.2. The van der Waals surface area contributed by atoms with Gasteiger partial charge in [0.15, 0.2) is 6.23 Å². The largest absolute Gasteiger partial charge is 0.370 e. The molecule has 3 aromatic rings. The number of aryl methyl sites for hydroxylation is 1. The summed E-state index contributed by atoms with van der Waals surface area (Å²) in [5.74, 6) is 0. The van der Waals surface area contributed by atoms with E-state index in [1.165, 1.54) is 0 Å². The minimum absolute atomic E-state index is 0.167. The zero-order valence-corrected chi connectivity index (χ0v) is 17.3. The number of anilines is 2. The van der Waals surface area contributed by atoms with Crippen LogP contribution in [-0.4, -0.2) is 26.3 Å². The lowest BCUT2D eigenvalue weighted by molar-refractivity contribution is 0.162. The van der Waals surface area contributed by atoms with E-state index in [-0.39, 0.29) is 4.90 Å². The van der Waals surface area contributed by atoms with E-state index in [4.69, 9.17) is 0 Å². The number of aliphatic hydroxyl groups excluding tert-OH is 1. The molecule has 0 bridgehead atoms. The van der Waals surface area contributed by atoms with Gasteiger partial charge in [0.05, 0.1) is 10.6 Å². The SMILES string of the molecule is CCN(c1ccccc1)C1c2ccccc2N(S(=O)(=O)c2ccc(C)cc2)C1O. The number of hydrogen-bond acceptors (Lipinski definition) is 4. The van der Waals surface area contributed by atoms with E-state index in [0.717, 1.165) is 21.1 Å². The first-order valence-electron chi connectivity index (χ1n) is 9.65. The summed E-state index contributed by atoms with van der Waals surface area (Å²) >= 11 is 0. The molecule has 0 saturated heterocycles. The maximum atomic E-state index is 13.5. The van der Waals surface area contributed by atoms with E-state index in [1.807, 2.05) is 61.2 Å². The highest BCUT2D eigenvalue weighted by Gasteiger charge is 2.46. The van der Waals surface area contributed by atoms with E-state index in [1.54, 1.807) is 36.4 Å². The van der Waals surface area contributed by atoms with Gasteiger partial charge in [-0.2, -0.15) is 0 Å². The Morgan fingerprint density at radius 2 is 1.55 bits per heavy atom. The van der Waals surface area contributed by atoms with Crippen molar-refractivity contribution in [2.45, 2.75) is 31.0 Å². The molecule has 3 aromatic carbocycles. The molecule has 2 unspecified atom stereocenters. The molecule has 0 aliphatic carbocycles. The summed E-state index contributed by atoms with van der Waals surface area (Å²) in [6.45, 7) is 4.53. The van der Waals surface area contributed by atoms with Gasteiger partial charge in [0.25, 0.3) is 10.0 Å². The van der Waals surface area contributed by atoms with Gasteiger partial charge in [-0.25, -0.2) is 12.7 Å². The van der Waals surface area contributed by atoms with Crippen LogP contribution in [0.5, 0.6) is 0 Å². The van der Waals surface area contributed by atoms with Gasteiger partial charge in [-0.3, -0.25) is 0 Å². The van der Waals surface area contributed by atoms with Crippen LogP contribution >= 0.6 is 0 Å². The van der Waals surface area contributed by atoms with E-state index >= 15 is 0 Å². The zero-order chi connectivity index (χ0) is 20.6. The molecular formula is C23H24N2O3S. The lowest BCUT2D eigenvalue weighted by Crippen LogP contribution is -2.44. The third-order valence-corrected chi connectivity index (χ3v) is 7.16. The summed E-state index contributed by atoms with van der Waals surface area (Å²) < 4.78 is 28.1. The quantitative estimate of drug-likeness (QED) is 0.691. The second-order valence-electron chi connectivity index (χ2n) is 7.15. The lowest BCUT2D eigenvalue weighted by atomic mass is 10.1. The second-order valence-corrected chi connectivity index (χ2v) is 8.97. The van der Waals surface area contributed by atoms with Gasteiger partial charge >= 0.3 is 0 Å². The lowest BCUT2D eigenvalue weighted by Gasteiger charge is -2.34. The van der Waals surface area contributed by atoms with Crippen molar-refractivity contribution in [3.63, 3.8) is 0 Å². The molecule has 29 heavy (non-hydrogen) atoms. The topological polar surface area (TPSA) is 60.9 Å². The molecule has 2 atom stereocenters. The van der Waals surface area contributed by atoms with Gasteiger partial charge in [-0.05, 0) is 44.2 Å². The summed E-state index contributed by atoms with van der Waals surface area (Å²) in [5, 5.41) is 11.3. The van der Waals surface area contributed by atoms with Crippen molar-refractivity contribution in [2.24, 2.45) is 0 Å². The molecule has 1 aliphatic heterocycles. The maximum absolute atomic E-state index is 13.5. The third-order valence-electron chi connectivity index (χ3n) is 5.36. The Balaban J connectivity index is 1.83. The van der Waals surface area contributed by atoms with Crippen LogP contribution in [-0.2, 0) is 10.0 Å². The van der Waals surface area contributed by atoms with Crippen LogP contribution in [0.3, 0.4) is 0 Å². The monoisotopic (exact) mass is 408 g/mol. The second kappa shape index (κ2) is 7.54. The molecule has 0 radical (unpaired) electrons. The van der Waals surface area contributed by atoms with E-state index in [9.17, 15) is 13.5 Å². The fraction of sp³-hybridized carbons (Fsp3) is 0.217. The maximum Gasteiger partial charge on any atom is 0.266 e. The van der Waals surface area contributed by atoms with Crippen molar-refractivity contribution in [3.8, 4) is 0 Å². The fourth-order valence-electron chi connectivity index (χ4n) is 3.95. The highest BCUT2D eigenvalue weighted by molar-refractivity contribution is 7.92. The van der Waals surface area contributed by atoms with Crippen LogP contribution in [0.1, 0.15) is 24.1 Å². The van der Waals surface area contributed by atoms with Crippen molar-refractivity contribution >= 4 is 21.4 Å². The number of likely N-dealkylation sites (N-methyl/N-ethyl adjacent to an activating group) is 1. The molecule has 5 nitrogen and oxygen atoms in total. The average Bonchev–Trinajstić information content (AvgIpc) is 3.03. The summed E-state index contributed by atoms with van der Waals surface area (Å²) in [7, 11) is -3.92. The van der Waals surface area contributed by atoms with Crippen LogP contribution in [0.2, 0.25) is 0 Å². The average molecular weight is 409 g/mol. The van der Waals surface area contributed by atoms with Crippen molar-refractivity contribution in [3.05, 3.63) is 90.0 Å². The van der Waals surface area contributed by atoms with Crippen LogP contribution in [0.15, 0.2) is 83.8 Å². The zero-order valence-electron chi connectivity index (χ0n) is 16.4. The van der Waals surface area contributed by atoms with Crippen LogP contribution in [0.25, 0.3) is 0 Å². The van der Waals surface area contributed by atoms with Crippen molar-refractivity contribution in [1.29, 1.82) is 0 Å². The molecule has 6 heteroatoms. The first-order chi connectivity index (χ1) is 13.9. The number of para-hydroxylation sites is 2. The Morgan fingerprint density at radius 1 is 0.931 bits per heavy atom. The Morgan fingerprint density at radius 3 is 2.21 bits per heavy atom. The van der Waals surface area contributed by atoms with Gasteiger partial charge in [-0.1, -0.05) is 54.1 Å². The van der Waals surface area contributed by atoms with Crippen LogP contribution in [0, 0.1) is 6.92 Å². The predicted molar refractivity (Wildman–Crippen MR) is 115 cm³/mol. The molecule has 1 heterocycles. The number of fused-ring (bicyclic) bond motifs is 1. The molecule has 1 aliphatic rings. The van der Waals surface area contributed by atoms with Gasteiger partial charge < -0.3 is 10.0 Å². The molecule has 1 N–H and O–H groups in total. The molecule has 0 aromatic heterocycles. The molecular weight excluding hydrogens is 384 g/mol. The van der Waals surface area contributed by atoms with Crippen molar-refractivity contribution < 1.29 is 13.5 Å². The van der Waals surface area contributed by atoms with Gasteiger partial charge in [0, 0.05) is 17.8 Å². The summed E-state index contributed by atoms with van der Waals surface area (Å²) in [5.41, 5.74) is 3.22. The molecule has 0 saturated carbocycles. The molecule has 0 spiro atoms. The standard InChI is InChI=1S/C23H24N2O3S/c1-3-24(18-9-5-4-6-10-18)22-20-11-7-8-12-21(20)25(23(22)26)29(27,28)19-15-13-17(2)14-16-19/h4-16,22-23,26H,3H2,1-2H3.